The van der Waals surface area contributed by atoms with Gasteiger partial charge in [-0.05, 0) is 83.9 Å². The van der Waals surface area contributed by atoms with Crippen molar-refractivity contribution in [2.45, 2.75) is 91.5 Å². The van der Waals surface area contributed by atoms with E-state index >= 15 is 0 Å². The number of hydrogen-bond donors (Lipinski definition) is 0. The summed E-state index contributed by atoms with van der Waals surface area (Å²) in [7, 11) is 0. The molecular formula is C21H32O3. The van der Waals surface area contributed by atoms with Gasteiger partial charge in [0.05, 0.1) is 18.1 Å². The van der Waals surface area contributed by atoms with Gasteiger partial charge in [0, 0.05) is 0 Å². The first kappa shape index (κ1) is 19.0. The van der Waals surface area contributed by atoms with Gasteiger partial charge >= 0.3 is 5.97 Å². The molecule has 1 aliphatic rings. The Balaban J connectivity index is 1.84. The fraction of sp³-hybridized carbons (Fsp3) is 0.667. The van der Waals surface area contributed by atoms with Crippen molar-refractivity contribution < 1.29 is 14.3 Å². The molecule has 3 heteroatoms. The fourth-order valence-corrected chi connectivity index (χ4v) is 3.63. The van der Waals surface area contributed by atoms with E-state index in [9.17, 15) is 4.79 Å². The lowest BCUT2D eigenvalue weighted by Crippen LogP contribution is -2.33. The summed E-state index contributed by atoms with van der Waals surface area (Å²) in [6, 6.07) is 4.26. The Morgan fingerprint density at radius 1 is 1.00 bits per heavy atom. The van der Waals surface area contributed by atoms with Crippen LogP contribution in [0.15, 0.2) is 12.1 Å². The number of aryl methyl sites for hydroxylation is 3. The molecule has 0 N–H and O–H groups in total. The molecule has 1 saturated carbocycles. The van der Waals surface area contributed by atoms with Gasteiger partial charge in [0.1, 0.15) is 6.10 Å². The zero-order valence-electron chi connectivity index (χ0n) is 16.1. The molecule has 0 amide bonds. The van der Waals surface area contributed by atoms with Crippen molar-refractivity contribution in [3.63, 3.8) is 0 Å². The van der Waals surface area contributed by atoms with E-state index in [-0.39, 0.29) is 17.7 Å². The number of hydrogen-bond acceptors (Lipinski definition) is 3. The smallest absolute Gasteiger partial charge is 0.310 e. The van der Waals surface area contributed by atoms with Gasteiger partial charge in [-0.15, -0.1) is 0 Å². The quantitative estimate of drug-likeness (QED) is 0.741. The van der Waals surface area contributed by atoms with Crippen molar-refractivity contribution in [1.82, 2.24) is 0 Å². The predicted octanol–water partition coefficient (Wildman–Crippen LogP) is 4.82. The second-order valence-electron chi connectivity index (χ2n) is 8.17. The molecule has 1 aliphatic carbocycles. The minimum atomic E-state index is -0.106. The second-order valence-corrected chi connectivity index (χ2v) is 8.17. The fourth-order valence-electron chi connectivity index (χ4n) is 3.63. The molecule has 3 nitrogen and oxygen atoms in total. The average molecular weight is 332 g/mol. The normalized spacial score (nSPS) is 21.6. The van der Waals surface area contributed by atoms with E-state index in [4.69, 9.17) is 9.47 Å². The molecule has 0 unspecified atom stereocenters. The van der Waals surface area contributed by atoms with Crippen LogP contribution in [0.5, 0.6) is 0 Å². The number of ether oxygens (including phenoxy) is 2. The van der Waals surface area contributed by atoms with Crippen molar-refractivity contribution in [1.29, 1.82) is 0 Å². The number of benzene rings is 1. The molecule has 0 atom stereocenters. The van der Waals surface area contributed by atoms with Crippen LogP contribution in [-0.2, 0) is 20.7 Å². The first-order chi connectivity index (χ1) is 11.1. The Morgan fingerprint density at radius 2 is 1.50 bits per heavy atom. The molecule has 1 aromatic carbocycles. The van der Waals surface area contributed by atoms with Crippen LogP contribution in [0.3, 0.4) is 0 Å². The summed E-state index contributed by atoms with van der Waals surface area (Å²) in [4.78, 5) is 12.3. The maximum absolute atomic E-state index is 12.3. The average Bonchev–Trinajstić information content (AvgIpc) is 2.43. The topological polar surface area (TPSA) is 35.5 Å². The van der Waals surface area contributed by atoms with E-state index in [0.29, 0.717) is 12.5 Å². The van der Waals surface area contributed by atoms with E-state index in [1.165, 1.54) is 16.7 Å². The molecule has 0 aromatic heterocycles. The molecular weight excluding hydrogens is 300 g/mol. The van der Waals surface area contributed by atoms with Gasteiger partial charge in [-0.3, -0.25) is 4.79 Å². The molecule has 0 heterocycles. The molecule has 0 saturated heterocycles. The highest BCUT2D eigenvalue weighted by atomic mass is 16.5. The SMILES string of the molecule is Cc1cc(C)c(CC(=O)OC2CCC(OC(C)(C)C)CC2)c(C)c1. The molecule has 2 rings (SSSR count). The molecule has 1 fully saturated rings. The number of carbonyl (C=O) groups is 1. The Hall–Kier alpha value is -1.35. The molecule has 0 spiro atoms. The van der Waals surface area contributed by atoms with Gasteiger partial charge in [-0.2, -0.15) is 0 Å². The highest BCUT2D eigenvalue weighted by Crippen LogP contribution is 2.27. The Bertz CT molecular complexity index is 552. The maximum atomic E-state index is 12.3. The zero-order valence-corrected chi connectivity index (χ0v) is 16.1. The first-order valence-corrected chi connectivity index (χ1v) is 9.08. The monoisotopic (exact) mass is 332 g/mol. The van der Waals surface area contributed by atoms with Crippen LogP contribution >= 0.6 is 0 Å². The lowest BCUT2D eigenvalue weighted by Gasteiger charge is -2.33. The van der Waals surface area contributed by atoms with E-state index in [1.807, 2.05) is 0 Å². The Morgan fingerprint density at radius 3 is 2.00 bits per heavy atom. The van der Waals surface area contributed by atoms with Crippen molar-refractivity contribution in [2.75, 3.05) is 0 Å². The minimum Gasteiger partial charge on any atom is -0.462 e. The molecule has 0 aliphatic heterocycles. The third-order valence-corrected chi connectivity index (χ3v) is 4.60. The van der Waals surface area contributed by atoms with Crippen LogP contribution in [0.1, 0.15) is 68.7 Å². The van der Waals surface area contributed by atoms with Crippen molar-refractivity contribution >= 4 is 5.97 Å². The summed E-state index contributed by atoms with van der Waals surface area (Å²) in [6.45, 7) is 12.5. The summed E-state index contributed by atoms with van der Waals surface area (Å²) < 4.78 is 11.7. The van der Waals surface area contributed by atoms with Crippen LogP contribution < -0.4 is 0 Å². The van der Waals surface area contributed by atoms with Gasteiger partial charge < -0.3 is 9.47 Å². The van der Waals surface area contributed by atoms with Gasteiger partial charge in [0.15, 0.2) is 0 Å². The second kappa shape index (κ2) is 7.69. The van der Waals surface area contributed by atoms with Crippen molar-refractivity contribution in [3.05, 3.63) is 34.4 Å². The highest BCUT2D eigenvalue weighted by molar-refractivity contribution is 5.74. The molecule has 0 radical (unpaired) electrons. The highest BCUT2D eigenvalue weighted by Gasteiger charge is 2.27. The molecule has 134 valence electrons. The number of rotatable bonds is 4. The van der Waals surface area contributed by atoms with Crippen molar-refractivity contribution in [2.24, 2.45) is 0 Å². The van der Waals surface area contributed by atoms with E-state index in [0.717, 1.165) is 31.2 Å². The molecule has 24 heavy (non-hydrogen) atoms. The Labute approximate surface area is 146 Å². The Kier molecular flexibility index (Phi) is 6.08. The summed E-state index contributed by atoms with van der Waals surface area (Å²) in [6.07, 6.45) is 4.45. The third kappa shape index (κ3) is 5.62. The standard InChI is InChI=1S/C21H32O3/c1-14-11-15(2)19(16(3)12-14)13-20(22)23-17-7-9-18(10-8-17)24-21(4,5)6/h11-12,17-18H,7-10,13H2,1-6H3. The summed E-state index contributed by atoms with van der Waals surface area (Å²) in [5.41, 5.74) is 4.59. The van der Waals surface area contributed by atoms with Gasteiger partial charge in [0.25, 0.3) is 0 Å². The van der Waals surface area contributed by atoms with E-state index in [1.54, 1.807) is 0 Å². The van der Waals surface area contributed by atoms with Crippen molar-refractivity contribution in [3.8, 4) is 0 Å². The van der Waals surface area contributed by atoms with Crippen LogP contribution in [0.25, 0.3) is 0 Å². The first-order valence-electron chi connectivity index (χ1n) is 9.08. The summed E-state index contributed by atoms with van der Waals surface area (Å²) in [5, 5.41) is 0. The lowest BCUT2D eigenvalue weighted by molar-refractivity contribution is -0.153. The lowest BCUT2D eigenvalue weighted by atomic mass is 9.94. The van der Waals surface area contributed by atoms with Crippen LogP contribution in [-0.4, -0.2) is 23.8 Å². The van der Waals surface area contributed by atoms with Gasteiger partial charge in [0.2, 0.25) is 0 Å². The largest absolute Gasteiger partial charge is 0.462 e. The van der Waals surface area contributed by atoms with E-state index < -0.39 is 0 Å². The van der Waals surface area contributed by atoms with Gasteiger partial charge in [-0.1, -0.05) is 17.7 Å². The number of esters is 1. The number of carbonyl (C=O) groups excluding carboxylic acids is 1. The van der Waals surface area contributed by atoms with Gasteiger partial charge in [-0.25, -0.2) is 0 Å². The predicted molar refractivity (Wildman–Crippen MR) is 97.3 cm³/mol. The summed E-state index contributed by atoms with van der Waals surface area (Å²) in [5.74, 6) is -0.106. The minimum absolute atomic E-state index is 0.0448. The van der Waals surface area contributed by atoms with Crippen LogP contribution in [0.4, 0.5) is 0 Å². The zero-order chi connectivity index (χ0) is 17.9. The molecule has 0 bridgehead atoms. The summed E-state index contributed by atoms with van der Waals surface area (Å²) >= 11 is 0. The molecule has 1 aromatic rings. The van der Waals surface area contributed by atoms with E-state index in [2.05, 4.69) is 53.7 Å². The van der Waals surface area contributed by atoms with Crippen LogP contribution in [0.2, 0.25) is 0 Å². The van der Waals surface area contributed by atoms with Crippen LogP contribution in [0, 0.1) is 20.8 Å². The maximum Gasteiger partial charge on any atom is 0.310 e. The third-order valence-electron chi connectivity index (χ3n) is 4.60.